The molecule has 3 aliphatic heterocycles. The zero-order chi connectivity index (χ0) is 25.7. The molecule has 0 aromatic heterocycles. The molecule has 7 nitrogen and oxygen atoms in total. The lowest BCUT2D eigenvalue weighted by Gasteiger charge is -2.41. The second-order valence-electron chi connectivity index (χ2n) is 11.0. The van der Waals surface area contributed by atoms with Crippen molar-refractivity contribution >= 4 is 18.9 Å². The van der Waals surface area contributed by atoms with Crippen LogP contribution in [-0.4, -0.2) is 58.0 Å². The van der Waals surface area contributed by atoms with E-state index in [1.807, 2.05) is 13.0 Å². The number of aromatic hydroxyl groups is 1. The average molecular weight is 500 g/mol. The molecule has 4 atom stereocenters. The van der Waals surface area contributed by atoms with Crippen molar-refractivity contribution in [2.75, 3.05) is 13.1 Å². The molecular weight excluding hydrogens is 467 g/mol. The Labute approximate surface area is 217 Å². The van der Waals surface area contributed by atoms with Gasteiger partial charge in [-0.15, -0.1) is 0 Å². The molecule has 3 heterocycles. The summed E-state index contributed by atoms with van der Waals surface area (Å²) in [4.78, 5) is 31.5. The third-order valence-corrected chi connectivity index (χ3v) is 8.83. The molecule has 3 saturated heterocycles. The van der Waals surface area contributed by atoms with E-state index in [0.29, 0.717) is 12.8 Å². The maximum atomic E-state index is 13.9. The minimum atomic E-state index is -1.10. The van der Waals surface area contributed by atoms with Gasteiger partial charge in [-0.3, -0.25) is 19.4 Å². The van der Waals surface area contributed by atoms with E-state index in [2.05, 4.69) is 29.2 Å². The zero-order valence-electron chi connectivity index (χ0n) is 21.1. The van der Waals surface area contributed by atoms with Gasteiger partial charge in [-0.05, 0) is 67.3 Å². The number of benzene rings is 2. The Morgan fingerprint density at radius 2 is 1.68 bits per heavy atom. The van der Waals surface area contributed by atoms with Crippen LogP contribution >= 0.6 is 0 Å². The predicted octanol–water partition coefficient (Wildman–Crippen LogP) is 3.48. The molecule has 2 aromatic carbocycles. The van der Waals surface area contributed by atoms with Crippen molar-refractivity contribution in [3.8, 4) is 5.75 Å². The van der Waals surface area contributed by atoms with Crippen LogP contribution < -0.4 is 0 Å². The first-order valence-corrected chi connectivity index (χ1v) is 13.4. The molecule has 0 spiro atoms. The first-order chi connectivity index (χ1) is 17.9. The van der Waals surface area contributed by atoms with Gasteiger partial charge in [0.05, 0.1) is 17.9 Å². The Morgan fingerprint density at radius 3 is 2.38 bits per heavy atom. The summed E-state index contributed by atoms with van der Waals surface area (Å²) in [6, 6.07) is 17.1. The molecule has 3 fully saturated rings. The number of rotatable bonds is 4. The Bertz CT molecular complexity index is 1210. The van der Waals surface area contributed by atoms with Crippen LogP contribution in [0.1, 0.15) is 49.8 Å². The smallest absolute Gasteiger partial charge is 0.487 e. The van der Waals surface area contributed by atoms with Gasteiger partial charge in [-0.1, -0.05) is 48.0 Å². The number of likely N-dealkylation sites (tertiary alicyclic amines) is 2. The van der Waals surface area contributed by atoms with Crippen LogP contribution in [0.3, 0.4) is 0 Å². The van der Waals surface area contributed by atoms with E-state index >= 15 is 0 Å². The van der Waals surface area contributed by atoms with Crippen LogP contribution in [0.4, 0.5) is 0 Å². The lowest BCUT2D eigenvalue weighted by Crippen LogP contribution is -2.48. The Hall–Kier alpha value is -2.94. The number of phenolic OH excluding ortho intramolecular Hbond substituents is 1. The van der Waals surface area contributed by atoms with Gasteiger partial charge in [0.2, 0.25) is 11.8 Å². The minimum Gasteiger partial charge on any atom is -0.508 e. The minimum absolute atomic E-state index is 0.0444. The number of amides is 2. The number of imide groups is 1. The predicted molar refractivity (Wildman–Crippen MR) is 139 cm³/mol. The number of carbonyl (C=O) groups is 2. The molecule has 6 rings (SSSR count). The van der Waals surface area contributed by atoms with Gasteiger partial charge in [0, 0.05) is 25.7 Å². The fourth-order valence-electron chi connectivity index (χ4n) is 7.02. The van der Waals surface area contributed by atoms with Crippen LogP contribution in [0.2, 0.25) is 0 Å². The van der Waals surface area contributed by atoms with Crippen LogP contribution in [0.15, 0.2) is 65.6 Å². The number of phenols is 1. The number of piperidine rings is 1. The Balaban J connectivity index is 1.19. The molecule has 2 aromatic rings. The van der Waals surface area contributed by atoms with Gasteiger partial charge in [-0.25, -0.2) is 0 Å². The van der Waals surface area contributed by atoms with Gasteiger partial charge in [-0.2, -0.15) is 0 Å². The fourth-order valence-corrected chi connectivity index (χ4v) is 7.02. The van der Waals surface area contributed by atoms with Gasteiger partial charge >= 0.3 is 7.12 Å². The molecule has 0 unspecified atom stereocenters. The van der Waals surface area contributed by atoms with Crippen LogP contribution in [0.5, 0.6) is 5.75 Å². The average Bonchev–Trinajstić information content (AvgIpc) is 3.14. The molecular formula is C29H33BN2O5. The normalized spacial score (nSPS) is 29.0. The lowest BCUT2D eigenvalue weighted by atomic mass is 9.55. The van der Waals surface area contributed by atoms with Crippen molar-refractivity contribution in [1.82, 2.24) is 9.80 Å². The summed E-state index contributed by atoms with van der Waals surface area (Å²) in [5.41, 5.74) is 3.85. The molecule has 192 valence electrons. The number of allylic oxidation sites excluding steroid dienone is 2. The van der Waals surface area contributed by atoms with Crippen molar-refractivity contribution in [3.63, 3.8) is 0 Å². The van der Waals surface area contributed by atoms with Crippen LogP contribution in [0, 0.1) is 17.8 Å². The molecule has 4 aliphatic rings. The second-order valence-corrected chi connectivity index (χ2v) is 11.0. The van der Waals surface area contributed by atoms with Gasteiger partial charge in [0.1, 0.15) is 5.75 Å². The molecule has 2 N–H and O–H groups in total. The molecule has 1 aliphatic carbocycles. The first-order valence-electron chi connectivity index (χ1n) is 13.4. The van der Waals surface area contributed by atoms with E-state index in [1.165, 1.54) is 5.56 Å². The molecule has 0 saturated carbocycles. The number of hydrogen-bond donors (Lipinski definition) is 2. The van der Waals surface area contributed by atoms with Gasteiger partial charge in [0.15, 0.2) is 0 Å². The monoisotopic (exact) mass is 500 g/mol. The van der Waals surface area contributed by atoms with E-state index in [0.717, 1.165) is 49.1 Å². The first kappa shape index (κ1) is 24.4. The fraction of sp³-hybridized carbons (Fsp3) is 0.448. The SMILES string of the molecule is CC1=C2B(O)O[C@H](c3ccc(O)cc3)C[C@H]2[C@H]2C(=O)N(C3CCN(Cc4ccccc4)CC3)C(=O)[C@H]2C1. The summed E-state index contributed by atoms with van der Waals surface area (Å²) in [6.45, 7) is 4.54. The van der Waals surface area contributed by atoms with Gasteiger partial charge in [0.25, 0.3) is 0 Å². The standard InChI is InChI=1S/C29H33BN2O5/c1-18-15-24-26(23-16-25(37-30(36)27(18)23)20-7-9-22(33)10-8-20)29(35)32(28(24)34)21-11-13-31(14-12-21)17-19-5-3-2-4-6-19/h2-10,21,23-26,33,36H,11-17H2,1H3/t23-,24-,25-,26+/m0/s1. The summed E-state index contributed by atoms with van der Waals surface area (Å²) in [7, 11) is -1.10. The lowest BCUT2D eigenvalue weighted by molar-refractivity contribution is -0.144. The van der Waals surface area contributed by atoms with Crippen molar-refractivity contribution in [3.05, 3.63) is 76.8 Å². The zero-order valence-corrected chi connectivity index (χ0v) is 21.1. The van der Waals surface area contributed by atoms with E-state index in [1.54, 1.807) is 29.2 Å². The Kier molecular flexibility index (Phi) is 6.43. The third kappa shape index (κ3) is 4.41. The van der Waals surface area contributed by atoms with E-state index < -0.39 is 19.1 Å². The van der Waals surface area contributed by atoms with Crippen LogP contribution in [0.25, 0.3) is 0 Å². The number of hydrogen-bond acceptors (Lipinski definition) is 6. The maximum Gasteiger partial charge on any atom is 0.487 e. The highest BCUT2D eigenvalue weighted by atomic mass is 16.5. The second kappa shape index (κ2) is 9.74. The van der Waals surface area contributed by atoms with Crippen molar-refractivity contribution in [1.29, 1.82) is 0 Å². The topological polar surface area (TPSA) is 90.3 Å². The molecule has 0 bridgehead atoms. The number of fused-ring (bicyclic) bond motifs is 3. The highest BCUT2D eigenvalue weighted by Crippen LogP contribution is 2.52. The Morgan fingerprint density at radius 1 is 0.973 bits per heavy atom. The van der Waals surface area contributed by atoms with Crippen molar-refractivity contribution in [2.24, 2.45) is 17.8 Å². The maximum absolute atomic E-state index is 13.9. The van der Waals surface area contributed by atoms with Crippen LogP contribution in [-0.2, 0) is 20.8 Å². The molecule has 2 amide bonds. The van der Waals surface area contributed by atoms with E-state index in [4.69, 9.17) is 4.65 Å². The highest BCUT2D eigenvalue weighted by Gasteiger charge is 2.58. The third-order valence-electron chi connectivity index (χ3n) is 8.83. The quantitative estimate of drug-likeness (QED) is 0.494. The molecule has 8 heteroatoms. The summed E-state index contributed by atoms with van der Waals surface area (Å²) >= 11 is 0. The molecule has 37 heavy (non-hydrogen) atoms. The summed E-state index contributed by atoms with van der Waals surface area (Å²) in [6.07, 6.45) is 2.19. The van der Waals surface area contributed by atoms with Crippen molar-refractivity contribution in [2.45, 2.75) is 51.3 Å². The number of carbonyl (C=O) groups excluding carboxylic acids is 2. The van der Waals surface area contributed by atoms with E-state index in [-0.39, 0.29) is 35.4 Å². The summed E-state index contributed by atoms with van der Waals surface area (Å²) < 4.78 is 5.97. The summed E-state index contributed by atoms with van der Waals surface area (Å²) in [5, 5.41) is 20.6. The van der Waals surface area contributed by atoms with E-state index in [9.17, 15) is 19.7 Å². The largest absolute Gasteiger partial charge is 0.508 e. The highest BCUT2D eigenvalue weighted by molar-refractivity contribution is 6.53. The summed E-state index contributed by atoms with van der Waals surface area (Å²) in [5.74, 6) is -1.01. The molecule has 0 radical (unpaired) electrons. The van der Waals surface area contributed by atoms with Gasteiger partial charge < -0.3 is 14.8 Å². The van der Waals surface area contributed by atoms with Crippen molar-refractivity contribution < 1.29 is 24.4 Å². The number of nitrogens with zero attached hydrogens (tertiary/aromatic N) is 2.